The fourth-order valence-corrected chi connectivity index (χ4v) is 3.37. The molecule has 0 bridgehead atoms. The smallest absolute Gasteiger partial charge is 0.269 e. The van der Waals surface area contributed by atoms with E-state index >= 15 is 0 Å². The van der Waals surface area contributed by atoms with E-state index in [9.17, 15) is 14.9 Å². The molecular weight excluding hydrogens is 428 g/mol. The lowest BCUT2D eigenvalue weighted by Gasteiger charge is -2.12. The molecule has 0 saturated carbocycles. The number of carbonyl (C=O) groups excluding carboxylic acids is 1. The van der Waals surface area contributed by atoms with Crippen LogP contribution in [0.15, 0.2) is 77.2 Å². The quantitative estimate of drug-likeness (QED) is 0.342. The number of para-hydroxylation sites is 1. The van der Waals surface area contributed by atoms with Crippen LogP contribution in [0.5, 0.6) is 11.6 Å². The highest BCUT2D eigenvalue weighted by molar-refractivity contribution is 6.09. The minimum Gasteiger partial charge on any atom is -0.438 e. The van der Waals surface area contributed by atoms with Crippen LogP contribution in [0.2, 0.25) is 0 Å². The van der Waals surface area contributed by atoms with Gasteiger partial charge in [0.15, 0.2) is 0 Å². The SMILES string of the molecule is Cc1ccc(NC(=O)/C(C#N)=C\c2c(Oc3ccccc3C)nc3ccccn3c2=O)cc1C. The zero-order valence-corrected chi connectivity index (χ0v) is 19.0. The van der Waals surface area contributed by atoms with Crippen molar-refractivity contribution in [3.8, 4) is 17.7 Å². The normalized spacial score (nSPS) is 11.2. The van der Waals surface area contributed by atoms with Crippen molar-refractivity contribution < 1.29 is 9.53 Å². The van der Waals surface area contributed by atoms with Gasteiger partial charge in [-0.05, 0) is 73.9 Å². The van der Waals surface area contributed by atoms with Crippen LogP contribution in [0.3, 0.4) is 0 Å². The van der Waals surface area contributed by atoms with Crippen molar-refractivity contribution in [2.75, 3.05) is 5.32 Å². The summed E-state index contributed by atoms with van der Waals surface area (Å²) < 4.78 is 7.33. The van der Waals surface area contributed by atoms with E-state index in [1.807, 2.05) is 57.2 Å². The first kappa shape index (κ1) is 22.5. The highest BCUT2D eigenvalue weighted by Gasteiger charge is 2.18. The summed E-state index contributed by atoms with van der Waals surface area (Å²) in [6.07, 6.45) is 2.79. The van der Waals surface area contributed by atoms with Gasteiger partial charge in [0.25, 0.3) is 11.5 Å². The molecule has 2 aromatic heterocycles. The molecular formula is C27H22N4O3. The lowest BCUT2D eigenvalue weighted by Crippen LogP contribution is -2.20. The van der Waals surface area contributed by atoms with Gasteiger partial charge in [0.05, 0.1) is 0 Å². The molecule has 0 saturated heterocycles. The first-order chi connectivity index (χ1) is 16.4. The van der Waals surface area contributed by atoms with Crippen LogP contribution >= 0.6 is 0 Å². The zero-order valence-electron chi connectivity index (χ0n) is 19.0. The van der Waals surface area contributed by atoms with Crippen molar-refractivity contribution in [3.63, 3.8) is 0 Å². The van der Waals surface area contributed by atoms with Crippen molar-refractivity contribution >= 4 is 23.3 Å². The Morgan fingerprint density at radius 1 is 1.03 bits per heavy atom. The molecule has 4 rings (SSSR count). The van der Waals surface area contributed by atoms with Crippen molar-refractivity contribution in [2.24, 2.45) is 0 Å². The molecule has 7 nitrogen and oxygen atoms in total. The average molecular weight is 450 g/mol. The molecule has 1 amide bonds. The van der Waals surface area contributed by atoms with Gasteiger partial charge in [-0.3, -0.25) is 14.0 Å². The number of carbonyl (C=O) groups is 1. The molecule has 0 aliphatic carbocycles. The molecule has 34 heavy (non-hydrogen) atoms. The molecule has 0 aliphatic rings. The fourth-order valence-electron chi connectivity index (χ4n) is 3.37. The van der Waals surface area contributed by atoms with E-state index in [-0.39, 0.29) is 17.0 Å². The maximum absolute atomic E-state index is 13.3. The summed E-state index contributed by atoms with van der Waals surface area (Å²) in [5, 5.41) is 12.4. The third-order valence-corrected chi connectivity index (χ3v) is 5.45. The average Bonchev–Trinajstić information content (AvgIpc) is 2.83. The van der Waals surface area contributed by atoms with Gasteiger partial charge < -0.3 is 10.1 Å². The highest BCUT2D eigenvalue weighted by Crippen LogP contribution is 2.26. The number of benzene rings is 2. The molecule has 0 aliphatic heterocycles. The number of pyridine rings is 1. The molecule has 2 aromatic carbocycles. The molecule has 2 heterocycles. The number of aromatic nitrogens is 2. The summed E-state index contributed by atoms with van der Waals surface area (Å²) in [6, 6.07) is 19.8. The second-order valence-corrected chi connectivity index (χ2v) is 7.86. The van der Waals surface area contributed by atoms with Crippen LogP contribution in [-0.2, 0) is 4.79 Å². The van der Waals surface area contributed by atoms with Crippen LogP contribution < -0.4 is 15.6 Å². The maximum Gasteiger partial charge on any atom is 0.269 e. The minimum absolute atomic E-state index is 0.00117. The number of anilines is 1. The number of nitriles is 1. The monoisotopic (exact) mass is 450 g/mol. The molecule has 0 fully saturated rings. The molecule has 0 atom stereocenters. The maximum atomic E-state index is 13.3. The van der Waals surface area contributed by atoms with E-state index in [4.69, 9.17) is 4.74 Å². The Labute approximate surface area is 196 Å². The van der Waals surface area contributed by atoms with Gasteiger partial charge in [0.1, 0.15) is 28.6 Å². The van der Waals surface area contributed by atoms with E-state index in [0.717, 1.165) is 16.7 Å². The van der Waals surface area contributed by atoms with Gasteiger partial charge in [-0.2, -0.15) is 10.2 Å². The Balaban J connectivity index is 1.80. The lowest BCUT2D eigenvalue weighted by molar-refractivity contribution is -0.112. The zero-order chi connectivity index (χ0) is 24.2. The summed E-state index contributed by atoms with van der Waals surface area (Å²) in [6.45, 7) is 5.77. The number of rotatable bonds is 5. The largest absolute Gasteiger partial charge is 0.438 e. The highest BCUT2D eigenvalue weighted by atomic mass is 16.5. The third-order valence-electron chi connectivity index (χ3n) is 5.45. The topological polar surface area (TPSA) is 96.5 Å². The number of hydrogen-bond acceptors (Lipinski definition) is 5. The molecule has 0 radical (unpaired) electrons. The molecule has 7 heteroatoms. The van der Waals surface area contributed by atoms with Crippen LogP contribution in [0, 0.1) is 32.1 Å². The Bertz CT molecular complexity index is 1540. The van der Waals surface area contributed by atoms with E-state index in [1.54, 1.807) is 36.5 Å². The van der Waals surface area contributed by atoms with E-state index in [1.165, 1.54) is 10.5 Å². The first-order valence-corrected chi connectivity index (χ1v) is 10.6. The van der Waals surface area contributed by atoms with Crippen molar-refractivity contribution in [1.29, 1.82) is 5.26 Å². The third kappa shape index (κ3) is 4.57. The summed E-state index contributed by atoms with van der Waals surface area (Å²) in [5.74, 6) is -0.107. The Kier molecular flexibility index (Phi) is 6.24. The standard InChI is InChI=1S/C27H22N4O3/c1-17-11-12-21(14-19(17)3)29-25(32)20(16-28)15-22-26(34-23-9-5-4-8-18(23)2)30-24-10-6-7-13-31(24)27(22)33/h4-15H,1-3H3,(H,29,32)/b20-15-. The first-order valence-electron chi connectivity index (χ1n) is 10.6. The van der Waals surface area contributed by atoms with Gasteiger partial charge in [-0.25, -0.2) is 0 Å². The predicted octanol–water partition coefficient (Wildman–Crippen LogP) is 4.96. The summed E-state index contributed by atoms with van der Waals surface area (Å²) in [5.41, 5.74) is 3.17. The molecule has 4 aromatic rings. The summed E-state index contributed by atoms with van der Waals surface area (Å²) >= 11 is 0. The van der Waals surface area contributed by atoms with E-state index < -0.39 is 11.5 Å². The van der Waals surface area contributed by atoms with Crippen molar-refractivity contribution in [3.05, 3.63) is 105 Å². The van der Waals surface area contributed by atoms with Crippen LogP contribution in [0.4, 0.5) is 5.69 Å². The number of nitrogens with one attached hydrogen (secondary N) is 1. The second kappa shape index (κ2) is 9.43. The lowest BCUT2D eigenvalue weighted by atomic mass is 10.1. The van der Waals surface area contributed by atoms with Crippen LogP contribution in [0.25, 0.3) is 11.7 Å². The minimum atomic E-state index is -0.634. The predicted molar refractivity (Wildman–Crippen MR) is 131 cm³/mol. The summed E-state index contributed by atoms with van der Waals surface area (Å²) in [7, 11) is 0. The Morgan fingerprint density at radius 2 is 1.79 bits per heavy atom. The number of aryl methyl sites for hydroxylation is 3. The number of nitrogens with zero attached hydrogens (tertiary/aromatic N) is 3. The van der Waals surface area contributed by atoms with Crippen molar-refractivity contribution in [2.45, 2.75) is 20.8 Å². The van der Waals surface area contributed by atoms with Gasteiger partial charge in [-0.1, -0.05) is 30.3 Å². The van der Waals surface area contributed by atoms with E-state index in [2.05, 4.69) is 10.3 Å². The van der Waals surface area contributed by atoms with E-state index in [0.29, 0.717) is 17.1 Å². The Hall–Kier alpha value is -4.70. The molecule has 168 valence electrons. The number of amides is 1. The number of fused-ring (bicyclic) bond motifs is 1. The van der Waals surface area contributed by atoms with Crippen molar-refractivity contribution in [1.82, 2.24) is 9.38 Å². The van der Waals surface area contributed by atoms with Crippen LogP contribution in [0.1, 0.15) is 22.3 Å². The summed E-state index contributed by atoms with van der Waals surface area (Å²) in [4.78, 5) is 30.6. The fraction of sp³-hybridized carbons (Fsp3) is 0.111. The Morgan fingerprint density at radius 3 is 2.53 bits per heavy atom. The second-order valence-electron chi connectivity index (χ2n) is 7.86. The number of ether oxygens (including phenoxy) is 1. The van der Waals surface area contributed by atoms with Crippen LogP contribution in [-0.4, -0.2) is 15.3 Å². The van der Waals surface area contributed by atoms with Gasteiger partial charge in [0.2, 0.25) is 5.88 Å². The van der Waals surface area contributed by atoms with Gasteiger partial charge in [-0.15, -0.1) is 0 Å². The molecule has 1 N–H and O–H groups in total. The number of hydrogen-bond donors (Lipinski definition) is 1. The molecule has 0 unspecified atom stereocenters. The molecule has 0 spiro atoms. The van der Waals surface area contributed by atoms with Gasteiger partial charge >= 0.3 is 0 Å². The van der Waals surface area contributed by atoms with Gasteiger partial charge in [0, 0.05) is 11.9 Å².